The van der Waals surface area contributed by atoms with Crippen molar-refractivity contribution in [3.8, 4) is 0 Å². The Hall–Kier alpha value is -2.37. The van der Waals surface area contributed by atoms with Crippen LogP contribution in [-0.2, 0) is 11.3 Å². The Morgan fingerprint density at radius 2 is 1.85 bits per heavy atom. The van der Waals surface area contributed by atoms with E-state index in [0.717, 1.165) is 5.56 Å². The van der Waals surface area contributed by atoms with Gasteiger partial charge in [0.25, 0.3) is 5.91 Å². The van der Waals surface area contributed by atoms with Crippen LogP contribution in [0.4, 0.5) is 5.69 Å². The summed E-state index contributed by atoms with van der Waals surface area (Å²) in [5, 5.41) is 6.31. The van der Waals surface area contributed by atoms with E-state index in [4.69, 9.17) is 11.6 Å². The van der Waals surface area contributed by atoms with Crippen molar-refractivity contribution < 1.29 is 9.59 Å². The van der Waals surface area contributed by atoms with Crippen molar-refractivity contribution in [1.82, 2.24) is 10.2 Å². The summed E-state index contributed by atoms with van der Waals surface area (Å²) in [5.41, 5.74) is 2.19. The fraction of sp³-hybridized carbons (Fsp3) is 0.333. The van der Waals surface area contributed by atoms with Crippen LogP contribution in [0.25, 0.3) is 0 Å². The van der Waals surface area contributed by atoms with E-state index in [9.17, 15) is 9.59 Å². The molecule has 0 saturated carbocycles. The second-order valence-corrected chi connectivity index (χ2v) is 7.05. The molecule has 0 aromatic heterocycles. The second kappa shape index (κ2) is 10.1. The zero-order chi connectivity index (χ0) is 19.8. The predicted molar refractivity (Wildman–Crippen MR) is 110 cm³/mol. The van der Waals surface area contributed by atoms with E-state index in [2.05, 4.69) is 15.5 Å². The van der Waals surface area contributed by atoms with E-state index in [0.29, 0.717) is 29.4 Å². The number of hydrogen-bond donors (Lipinski definition) is 2. The van der Waals surface area contributed by atoms with Crippen molar-refractivity contribution in [2.24, 2.45) is 0 Å². The van der Waals surface area contributed by atoms with Crippen molar-refractivity contribution in [2.45, 2.75) is 33.4 Å². The van der Waals surface area contributed by atoms with Crippen LogP contribution in [0.2, 0.25) is 5.02 Å². The van der Waals surface area contributed by atoms with E-state index < -0.39 is 0 Å². The summed E-state index contributed by atoms with van der Waals surface area (Å²) in [6.07, 6.45) is 0. The van der Waals surface area contributed by atoms with Gasteiger partial charge in [-0.25, -0.2) is 0 Å². The van der Waals surface area contributed by atoms with Gasteiger partial charge < -0.3 is 10.6 Å². The van der Waals surface area contributed by atoms with Gasteiger partial charge in [-0.3, -0.25) is 14.5 Å². The molecule has 0 aliphatic rings. The highest BCUT2D eigenvalue weighted by Crippen LogP contribution is 2.15. The average molecular weight is 388 g/mol. The average Bonchev–Trinajstić information content (AvgIpc) is 2.61. The number of anilines is 1. The predicted octanol–water partition coefficient (Wildman–Crippen LogP) is 3.94. The maximum Gasteiger partial charge on any atom is 0.251 e. The molecule has 2 amide bonds. The van der Waals surface area contributed by atoms with Gasteiger partial charge >= 0.3 is 0 Å². The number of carbonyl (C=O) groups is 2. The molecule has 0 spiro atoms. The molecule has 5 nitrogen and oxygen atoms in total. The van der Waals surface area contributed by atoms with Crippen molar-refractivity contribution in [3.63, 3.8) is 0 Å². The number of carbonyl (C=O) groups excluding carboxylic acids is 2. The maximum absolute atomic E-state index is 12.5. The minimum absolute atomic E-state index is 0.126. The first-order chi connectivity index (χ1) is 12.9. The molecule has 0 heterocycles. The van der Waals surface area contributed by atoms with Gasteiger partial charge in [0.2, 0.25) is 5.91 Å². The molecule has 2 N–H and O–H groups in total. The number of nitrogens with zero attached hydrogens (tertiary/aromatic N) is 1. The van der Waals surface area contributed by atoms with E-state index >= 15 is 0 Å². The van der Waals surface area contributed by atoms with E-state index in [1.54, 1.807) is 24.3 Å². The van der Waals surface area contributed by atoms with Gasteiger partial charge in [0, 0.05) is 35.4 Å². The van der Waals surface area contributed by atoms with Gasteiger partial charge in [-0.2, -0.15) is 0 Å². The van der Waals surface area contributed by atoms with Gasteiger partial charge in [-0.1, -0.05) is 29.8 Å². The third-order valence-corrected chi connectivity index (χ3v) is 4.33. The fourth-order valence-corrected chi connectivity index (χ4v) is 2.89. The highest BCUT2D eigenvalue weighted by Gasteiger charge is 2.15. The molecule has 2 aromatic carbocycles. The zero-order valence-corrected chi connectivity index (χ0v) is 16.7. The van der Waals surface area contributed by atoms with Crippen LogP contribution in [0.5, 0.6) is 0 Å². The Labute approximate surface area is 165 Å². The number of benzene rings is 2. The first-order valence-electron chi connectivity index (χ1n) is 9.05. The highest BCUT2D eigenvalue weighted by atomic mass is 35.5. The van der Waals surface area contributed by atoms with Crippen LogP contribution in [0.15, 0.2) is 48.5 Å². The molecule has 6 heteroatoms. The van der Waals surface area contributed by atoms with Gasteiger partial charge in [-0.05, 0) is 56.7 Å². The third-order valence-electron chi connectivity index (χ3n) is 4.10. The van der Waals surface area contributed by atoms with Crippen LogP contribution in [-0.4, -0.2) is 35.8 Å². The molecule has 0 atom stereocenters. The minimum Gasteiger partial charge on any atom is -0.352 e. The molecule has 0 aliphatic heterocycles. The standard InChI is InChI=1S/C21H26ClN3O2/c1-4-23-21(27)17-8-6-10-19(12-17)24-20(26)14-25(15(2)3)13-16-7-5-9-18(22)11-16/h5-12,15H,4,13-14H2,1-3H3,(H,23,27)(H,24,26). The van der Waals surface area contributed by atoms with E-state index in [1.165, 1.54) is 0 Å². The maximum atomic E-state index is 12.5. The quantitative estimate of drug-likeness (QED) is 0.721. The number of rotatable bonds is 8. The number of nitrogens with one attached hydrogen (secondary N) is 2. The molecule has 0 aliphatic carbocycles. The van der Waals surface area contributed by atoms with Crippen LogP contribution in [0.1, 0.15) is 36.7 Å². The van der Waals surface area contributed by atoms with Crippen molar-refractivity contribution in [2.75, 3.05) is 18.4 Å². The molecular weight excluding hydrogens is 362 g/mol. The Kier molecular flexibility index (Phi) is 7.82. The molecule has 0 fully saturated rings. The summed E-state index contributed by atoms with van der Waals surface area (Å²) in [6, 6.07) is 14.8. The van der Waals surface area contributed by atoms with Gasteiger partial charge in [-0.15, -0.1) is 0 Å². The summed E-state index contributed by atoms with van der Waals surface area (Å²) in [5.74, 6) is -0.280. The second-order valence-electron chi connectivity index (χ2n) is 6.62. The van der Waals surface area contributed by atoms with Gasteiger partial charge in [0.15, 0.2) is 0 Å². The number of halogens is 1. The topological polar surface area (TPSA) is 61.4 Å². The Morgan fingerprint density at radius 1 is 1.11 bits per heavy atom. The SMILES string of the molecule is CCNC(=O)c1cccc(NC(=O)CN(Cc2cccc(Cl)c2)C(C)C)c1. The Bertz CT molecular complexity index is 793. The fourth-order valence-electron chi connectivity index (χ4n) is 2.68. The molecular formula is C21H26ClN3O2. The van der Waals surface area contributed by atoms with E-state index in [-0.39, 0.29) is 24.4 Å². The number of amides is 2. The molecule has 0 bridgehead atoms. The van der Waals surface area contributed by atoms with Gasteiger partial charge in [0.05, 0.1) is 6.54 Å². The molecule has 2 rings (SSSR count). The summed E-state index contributed by atoms with van der Waals surface area (Å²) >= 11 is 6.05. The van der Waals surface area contributed by atoms with Crippen LogP contribution >= 0.6 is 11.6 Å². The molecule has 0 radical (unpaired) electrons. The minimum atomic E-state index is -0.154. The van der Waals surface area contributed by atoms with Crippen LogP contribution < -0.4 is 10.6 Å². The summed E-state index contributed by atoms with van der Waals surface area (Å²) < 4.78 is 0. The van der Waals surface area contributed by atoms with Gasteiger partial charge in [0.1, 0.15) is 0 Å². The zero-order valence-electron chi connectivity index (χ0n) is 16.0. The summed E-state index contributed by atoms with van der Waals surface area (Å²) in [7, 11) is 0. The van der Waals surface area contributed by atoms with Crippen LogP contribution in [0.3, 0.4) is 0 Å². The smallest absolute Gasteiger partial charge is 0.251 e. The first kappa shape index (κ1) is 20.9. The lowest BCUT2D eigenvalue weighted by Crippen LogP contribution is -2.37. The summed E-state index contributed by atoms with van der Waals surface area (Å²) in [6.45, 7) is 7.40. The molecule has 0 saturated heterocycles. The Morgan fingerprint density at radius 3 is 2.52 bits per heavy atom. The lowest BCUT2D eigenvalue weighted by molar-refractivity contribution is -0.117. The summed E-state index contributed by atoms with van der Waals surface area (Å²) in [4.78, 5) is 26.5. The lowest BCUT2D eigenvalue weighted by atomic mass is 10.1. The van der Waals surface area contributed by atoms with E-state index in [1.807, 2.05) is 45.0 Å². The lowest BCUT2D eigenvalue weighted by Gasteiger charge is -2.26. The molecule has 0 unspecified atom stereocenters. The highest BCUT2D eigenvalue weighted by molar-refractivity contribution is 6.30. The largest absolute Gasteiger partial charge is 0.352 e. The number of hydrogen-bond acceptors (Lipinski definition) is 3. The Balaban J connectivity index is 2.01. The van der Waals surface area contributed by atoms with Crippen molar-refractivity contribution >= 4 is 29.1 Å². The van der Waals surface area contributed by atoms with Crippen molar-refractivity contribution in [1.29, 1.82) is 0 Å². The molecule has 27 heavy (non-hydrogen) atoms. The monoisotopic (exact) mass is 387 g/mol. The molecule has 2 aromatic rings. The third kappa shape index (κ3) is 6.70. The van der Waals surface area contributed by atoms with Crippen molar-refractivity contribution in [3.05, 3.63) is 64.7 Å². The normalized spacial score (nSPS) is 10.9. The molecule has 144 valence electrons. The first-order valence-corrected chi connectivity index (χ1v) is 9.43. The van der Waals surface area contributed by atoms with Crippen LogP contribution in [0, 0.1) is 0 Å².